The Morgan fingerprint density at radius 2 is 1.50 bits per heavy atom. The predicted octanol–water partition coefficient (Wildman–Crippen LogP) is 4.50. The number of anilines is 2. The summed E-state index contributed by atoms with van der Waals surface area (Å²) < 4.78 is 10.4. The van der Waals surface area contributed by atoms with Crippen LogP contribution in [0.1, 0.15) is 0 Å². The minimum atomic E-state index is -0.332. The van der Waals surface area contributed by atoms with Gasteiger partial charge in [-0.15, -0.1) is 0 Å². The van der Waals surface area contributed by atoms with E-state index >= 15 is 0 Å². The van der Waals surface area contributed by atoms with Gasteiger partial charge in [-0.1, -0.05) is 36.4 Å². The van der Waals surface area contributed by atoms with E-state index in [1.807, 2.05) is 42.5 Å². The number of hydrogen-bond acceptors (Lipinski definition) is 3. The summed E-state index contributed by atoms with van der Waals surface area (Å²) >= 11 is 0. The molecule has 0 atom stereocenters. The molecule has 0 radical (unpaired) electrons. The zero-order valence-corrected chi connectivity index (χ0v) is 13.5. The predicted molar refractivity (Wildman–Crippen MR) is 96.1 cm³/mol. The van der Waals surface area contributed by atoms with Gasteiger partial charge in [0.2, 0.25) is 0 Å². The number of carbonyl (C=O) groups is 1. The standard InChI is InChI=1S/C19H18N2O3/c1-23-15-10-14(11-16(12-15)24-2)20-19(22)21-18-9-5-7-13-6-3-4-8-17(13)18/h3-12H,1-2H3,(H2,20,21,22). The number of ether oxygens (including phenoxy) is 2. The van der Waals surface area contributed by atoms with Crippen molar-refractivity contribution in [1.82, 2.24) is 0 Å². The molecule has 0 aromatic heterocycles. The maximum absolute atomic E-state index is 12.3. The molecule has 24 heavy (non-hydrogen) atoms. The summed E-state index contributed by atoms with van der Waals surface area (Å²) in [6, 6.07) is 18.5. The topological polar surface area (TPSA) is 59.6 Å². The third-order valence-corrected chi connectivity index (χ3v) is 3.65. The van der Waals surface area contributed by atoms with Crippen molar-refractivity contribution in [2.24, 2.45) is 0 Å². The molecule has 3 aromatic carbocycles. The lowest BCUT2D eigenvalue weighted by Crippen LogP contribution is -2.19. The maximum atomic E-state index is 12.3. The Bertz CT molecular complexity index is 850. The normalized spacial score (nSPS) is 10.2. The fraction of sp³-hybridized carbons (Fsp3) is 0.105. The van der Waals surface area contributed by atoms with Gasteiger partial charge < -0.3 is 20.1 Å². The van der Waals surface area contributed by atoms with Crippen molar-refractivity contribution in [3.05, 3.63) is 60.7 Å². The Labute approximate surface area is 140 Å². The molecular formula is C19H18N2O3. The number of rotatable bonds is 4. The van der Waals surface area contributed by atoms with Crippen LogP contribution >= 0.6 is 0 Å². The number of amides is 2. The van der Waals surface area contributed by atoms with Gasteiger partial charge in [0.15, 0.2) is 0 Å². The smallest absolute Gasteiger partial charge is 0.323 e. The van der Waals surface area contributed by atoms with Crippen molar-refractivity contribution in [1.29, 1.82) is 0 Å². The van der Waals surface area contributed by atoms with Crippen LogP contribution in [-0.2, 0) is 0 Å². The first kappa shape index (κ1) is 15.7. The van der Waals surface area contributed by atoms with Crippen molar-refractivity contribution < 1.29 is 14.3 Å². The number of hydrogen-bond donors (Lipinski definition) is 2. The Morgan fingerprint density at radius 1 is 0.833 bits per heavy atom. The minimum absolute atomic E-state index is 0.332. The van der Waals surface area contributed by atoms with Gasteiger partial charge in [0, 0.05) is 29.3 Å². The van der Waals surface area contributed by atoms with E-state index in [0.717, 1.165) is 16.5 Å². The molecule has 0 aliphatic rings. The van der Waals surface area contributed by atoms with E-state index < -0.39 is 0 Å². The van der Waals surface area contributed by atoms with Crippen LogP contribution in [0.15, 0.2) is 60.7 Å². The first-order valence-corrected chi connectivity index (χ1v) is 7.48. The molecule has 122 valence electrons. The summed E-state index contributed by atoms with van der Waals surface area (Å²) in [6.07, 6.45) is 0. The van der Waals surface area contributed by atoms with E-state index in [4.69, 9.17) is 9.47 Å². The monoisotopic (exact) mass is 322 g/mol. The van der Waals surface area contributed by atoms with Crippen molar-refractivity contribution in [3.63, 3.8) is 0 Å². The van der Waals surface area contributed by atoms with E-state index in [1.54, 1.807) is 32.4 Å². The molecule has 0 saturated carbocycles. The molecule has 2 amide bonds. The summed E-state index contributed by atoms with van der Waals surface area (Å²) in [5.41, 5.74) is 1.34. The average Bonchev–Trinajstić information content (AvgIpc) is 2.61. The minimum Gasteiger partial charge on any atom is -0.497 e. The number of methoxy groups -OCH3 is 2. The second-order valence-electron chi connectivity index (χ2n) is 5.21. The Morgan fingerprint density at radius 3 is 2.21 bits per heavy atom. The second kappa shape index (κ2) is 6.91. The molecule has 0 fully saturated rings. The molecule has 0 bridgehead atoms. The molecule has 2 N–H and O–H groups in total. The molecule has 5 heteroatoms. The van der Waals surface area contributed by atoms with Gasteiger partial charge >= 0.3 is 6.03 Å². The van der Waals surface area contributed by atoms with E-state index in [2.05, 4.69) is 10.6 Å². The Balaban J connectivity index is 1.80. The van der Waals surface area contributed by atoms with Crippen molar-refractivity contribution in [2.75, 3.05) is 24.9 Å². The third-order valence-electron chi connectivity index (χ3n) is 3.65. The first-order valence-electron chi connectivity index (χ1n) is 7.48. The molecule has 0 aliphatic heterocycles. The zero-order chi connectivity index (χ0) is 16.9. The van der Waals surface area contributed by atoms with Gasteiger partial charge in [0.25, 0.3) is 0 Å². The van der Waals surface area contributed by atoms with Crippen LogP contribution in [0.25, 0.3) is 10.8 Å². The van der Waals surface area contributed by atoms with Crippen LogP contribution in [0.4, 0.5) is 16.2 Å². The fourth-order valence-corrected chi connectivity index (χ4v) is 2.50. The van der Waals surface area contributed by atoms with E-state index in [1.165, 1.54) is 0 Å². The van der Waals surface area contributed by atoms with Crippen molar-refractivity contribution in [2.45, 2.75) is 0 Å². The quantitative estimate of drug-likeness (QED) is 0.743. The number of carbonyl (C=O) groups excluding carboxylic acids is 1. The highest BCUT2D eigenvalue weighted by Gasteiger charge is 2.08. The maximum Gasteiger partial charge on any atom is 0.323 e. The third kappa shape index (κ3) is 3.41. The Kier molecular flexibility index (Phi) is 4.52. The lowest BCUT2D eigenvalue weighted by atomic mass is 10.1. The molecule has 3 rings (SSSR count). The van der Waals surface area contributed by atoms with E-state index in [0.29, 0.717) is 17.2 Å². The summed E-state index contributed by atoms with van der Waals surface area (Å²) in [5, 5.41) is 7.72. The highest BCUT2D eigenvalue weighted by molar-refractivity contribution is 6.06. The van der Waals surface area contributed by atoms with E-state index in [9.17, 15) is 4.79 Å². The fourth-order valence-electron chi connectivity index (χ4n) is 2.50. The van der Waals surface area contributed by atoms with Crippen LogP contribution in [0.3, 0.4) is 0 Å². The first-order chi connectivity index (χ1) is 11.7. The zero-order valence-electron chi connectivity index (χ0n) is 13.5. The SMILES string of the molecule is COc1cc(NC(=O)Nc2cccc3ccccc23)cc(OC)c1. The number of fused-ring (bicyclic) bond motifs is 1. The lowest BCUT2D eigenvalue weighted by Gasteiger charge is -2.12. The average molecular weight is 322 g/mol. The second-order valence-corrected chi connectivity index (χ2v) is 5.21. The molecule has 0 spiro atoms. The van der Waals surface area contributed by atoms with Gasteiger partial charge in [0.1, 0.15) is 11.5 Å². The number of nitrogens with one attached hydrogen (secondary N) is 2. The molecule has 0 saturated heterocycles. The summed E-state index contributed by atoms with van der Waals surface area (Å²) in [4.78, 5) is 12.3. The lowest BCUT2D eigenvalue weighted by molar-refractivity contribution is 0.262. The van der Waals surface area contributed by atoms with Gasteiger partial charge in [0.05, 0.1) is 19.9 Å². The Hall–Kier alpha value is -3.21. The molecule has 0 aliphatic carbocycles. The molecule has 0 unspecified atom stereocenters. The van der Waals surface area contributed by atoms with Gasteiger partial charge in [-0.25, -0.2) is 4.79 Å². The molecule has 0 heterocycles. The van der Waals surface area contributed by atoms with Gasteiger partial charge in [-0.05, 0) is 11.5 Å². The summed E-state index contributed by atoms with van der Waals surface area (Å²) in [6.45, 7) is 0. The highest BCUT2D eigenvalue weighted by Crippen LogP contribution is 2.26. The highest BCUT2D eigenvalue weighted by atomic mass is 16.5. The molecule has 5 nitrogen and oxygen atoms in total. The van der Waals surface area contributed by atoms with Crippen molar-refractivity contribution in [3.8, 4) is 11.5 Å². The molecular weight excluding hydrogens is 304 g/mol. The number of benzene rings is 3. The summed E-state index contributed by atoms with van der Waals surface area (Å²) in [7, 11) is 3.13. The van der Waals surface area contributed by atoms with Crippen LogP contribution in [0.2, 0.25) is 0 Å². The largest absolute Gasteiger partial charge is 0.497 e. The molecule has 3 aromatic rings. The van der Waals surface area contributed by atoms with Crippen LogP contribution in [0, 0.1) is 0 Å². The van der Waals surface area contributed by atoms with E-state index in [-0.39, 0.29) is 6.03 Å². The van der Waals surface area contributed by atoms with Crippen molar-refractivity contribution >= 4 is 28.2 Å². The number of urea groups is 1. The van der Waals surface area contributed by atoms with Gasteiger partial charge in [-0.3, -0.25) is 0 Å². The van der Waals surface area contributed by atoms with Crippen LogP contribution < -0.4 is 20.1 Å². The summed E-state index contributed by atoms with van der Waals surface area (Å²) in [5.74, 6) is 1.21. The van der Waals surface area contributed by atoms with Gasteiger partial charge in [-0.2, -0.15) is 0 Å². The van der Waals surface area contributed by atoms with Crippen LogP contribution in [0.5, 0.6) is 11.5 Å². The van der Waals surface area contributed by atoms with Crippen LogP contribution in [-0.4, -0.2) is 20.3 Å².